The number of fused-ring (bicyclic) bond motifs is 4. The smallest absolute Gasteiger partial charge is 0.339 e. The van der Waals surface area contributed by atoms with E-state index in [0.717, 1.165) is 58.1 Å². The van der Waals surface area contributed by atoms with Crippen molar-refractivity contribution in [3.63, 3.8) is 0 Å². The fourth-order valence-electron chi connectivity index (χ4n) is 5.30. The summed E-state index contributed by atoms with van der Waals surface area (Å²) >= 11 is 0. The molecule has 0 saturated heterocycles. The Kier molecular flexibility index (Phi) is 6.01. The van der Waals surface area contributed by atoms with Crippen LogP contribution >= 0.6 is 0 Å². The number of carbonyl (C=O) groups excluding carboxylic acids is 1. The lowest BCUT2D eigenvalue weighted by Gasteiger charge is -2.24. The number of hydrogen-bond acceptors (Lipinski definition) is 5. The molecule has 4 aromatic rings. The molecule has 2 aromatic heterocycles. The van der Waals surface area contributed by atoms with Crippen LogP contribution in [0.5, 0.6) is 11.5 Å². The minimum absolute atomic E-state index is 0.0751. The monoisotopic (exact) mass is 474 g/mol. The summed E-state index contributed by atoms with van der Waals surface area (Å²) in [5.41, 5.74) is 5.67. The fraction of sp³-hybridized carbons (Fsp3) is 0.357. The highest BCUT2D eigenvalue weighted by atomic mass is 16.5. The quantitative estimate of drug-likeness (QED) is 0.382. The molecule has 182 valence electrons. The Labute approximate surface area is 203 Å². The molecule has 1 aliphatic carbocycles. The zero-order valence-electron chi connectivity index (χ0n) is 20.5. The van der Waals surface area contributed by atoms with Crippen molar-refractivity contribution in [2.24, 2.45) is 0 Å². The van der Waals surface area contributed by atoms with Gasteiger partial charge in [-0.05, 0) is 81.0 Å². The van der Waals surface area contributed by atoms with E-state index >= 15 is 0 Å². The summed E-state index contributed by atoms with van der Waals surface area (Å²) in [6, 6.07) is 9.70. The topological polar surface area (TPSA) is 93.6 Å². The highest BCUT2D eigenvalue weighted by molar-refractivity contribution is 5.87. The molecule has 0 bridgehead atoms. The lowest BCUT2D eigenvalue weighted by Crippen LogP contribution is -2.31. The third-order valence-corrected chi connectivity index (χ3v) is 7.23. The normalized spacial score (nSPS) is 15.3. The largest absolute Gasteiger partial charge is 0.497 e. The maximum atomic E-state index is 12.9. The Morgan fingerprint density at radius 2 is 1.94 bits per heavy atom. The van der Waals surface area contributed by atoms with Crippen LogP contribution in [-0.2, 0) is 17.6 Å². The van der Waals surface area contributed by atoms with Gasteiger partial charge in [0, 0.05) is 39.5 Å². The van der Waals surface area contributed by atoms with Crippen molar-refractivity contribution in [1.29, 1.82) is 0 Å². The van der Waals surface area contributed by atoms with Crippen LogP contribution in [0.15, 0.2) is 39.5 Å². The summed E-state index contributed by atoms with van der Waals surface area (Å²) in [6.45, 7) is 3.78. The van der Waals surface area contributed by atoms with E-state index in [1.165, 1.54) is 5.56 Å². The molecule has 0 saturated carbocycles. The van der Waals surface area contributed by atoms with Crippen LogP contribution in [0.25, 0.3) is 21.9 Å². The standard InChI is InChI=1S/C28H30N2O5/c1-15-18-9-12-24(34-4)16(2)27(18)35-28(32)19(15)10-13-25(31)29-23-7-5-6-20-21-14-17(33-3)8-11-22(21)30-26(20)23/h8-9,11-12,14,23,30H,5-7,10,13H2,1-4H3,(H,29,31)/t23-/m1/s1. The van der Waals surface area contributed by atoms with Crippen molar-refractivity contribution in [2.45, 2.75) is 52.0 Å². The molecule has 0 fully saturated rings. The summed E-state index contributed by atoms with van der Waals surface area (Å²) in [5, 5.41) is 5.20. The first kappa shape index (κ1) is 23.0. The minimum Gasteiger partial charge on any atom is -0.497 e. The number of aromatic amines is 1. The number of amides is 1. The van der Waals surface area contributed by atoms with Gasteiger partial charge in [-0.25, -0.2) is 4.79 Å². The third kappa shape index (κ3) is 4.05. The van der Waals surface area contributed by atoms with Gasteiger partial charge in [-0.2, -0.15) is 0 Å². The molecule has 2 aromatic carbocycles. The molecule has 1 amide bonds. The maximum Gasteiger partial charge on any atom is 0.339 e. The average Bonchev–Trinajstić information content (AvgIpc) is 3.23. The van der Waals surface area contributed by atoms with Gasteiger partial charge in [0.2, 0.25) is 5.91 Å². The Morgan fingerprint density at radius 1 is 1.11 bits per heavy atom. The number of rotatable bonds is 6. The Morgan fingerprint density at radius 3 is 2.71 bits per heavy atom. The number of H-pyrrole nitrogens is 1. The van der Waals surface area contributed by atoms with E-state index in [1.54, 1.807) is 14.2 Å². The number of aromatic nitrogens is 1. The van der Waals surface area contributed by atoms with Gasteiger partial charge in [-0.15, -0.1) is 0 Å². The summed E-state index contributed by atoms with van der Waals surface area (Å²) in [6.07, 6.45) is 3.38. The van der Waals surface area contributed by atoms with E-state index in [9.17, 15) is 9.59 Å². The predicted molar refractivity (Wildman–Crippen MR) is 136 cm³/mol. The Bertz CT molecular complexity index is 1500. The second-order valence-electron chi connectivity index (χ2n) is 9.20. The molecule has 0 radical (unpaired) electrons. The maximum absolute atomic E-state index is 12.9. The van der Waals surface area contributed by atoms with Gasteiger partial charge in [0.05, 0.1) is 20.3 Å². The average molecular weight is 475 g/mol. The Balaban J connectivity index is 1.35. The van der Waals surface area contributed by atoms with Crippen LogP contribution in [-0.4, -0.2) is 25.1 Å². The molecule has 0 unspecified atom stereocenters. The van der Waals surface area contributed by atoms with E-state index in [0.29, 0.717) is 23.3 Å². The van der Waals surface area contributed by atoms with Crippen LogP contribution < -0.4 is 20.4 Å². The van der Waals surface area contributed by atoms with Crippen molar-refractivity contribution < 1.29 is 18.7 Å². The van der Waals surface area contributed by atoms with Crippen LogP contribution in [0.3, 0.4) is 0 Å². The second-order valence-corrected chi connectivity index (χ2v) is 9.20. The Hall–Kier alpha value is -3.74. The zero-order valence-corrected chi connectivity index (χ0v) is 20.5. The third-order valence-electron chi connectivity index (χ3n) is 7.23. The van der Waals surface area contributed by atoms with Crippen LogP contribution in [0.4, 0.5) is 0 Å². The number of benzene rings is 2. The highest BCUT2D eigenvalue weighted by Gasteiger charge is 2.26. The van der Waals surface area contributed by atoms with Crippen LogP contribution in [0.2, 0.25) is 0 Å². The lowest BCUT2D eigenvalue weighted by molar-refractivity contribution is -0.121. The number of hydrogen-bond donors (Lipinski definition) is 2. The summed E-state index contributed by atoms with van der Waals surface area (Å²) in [4.78, 5) is 29.2. The predicted octanol–water partition coefficient (Wildman–Crippen LogP) is 5.03. The van der Waals surface area contributed by atoms with Crippen LogP contribution in [0.1, 0.15) is 53.3 Å². The molecule has 0 spiro atoms. The van der Waals surface area contributed by atoms with Crippen molar-refractivity contribution >= 4 is 27.8 Å². The molecule has 7 heteroatoms. The van der Waals surface area contributed by atoms with Gasteiger partial charge in [0.25, 0.3) is 0 Å². The molecule has 0 aliphatic heterocycles. The second kappa shape index (κ2) is 9.13. The van der Waals surface area contributed by atoms with Gasteiger partial charge in [-0.3, -0.25) is 4.79 Å². The molecular weight excluding hydrogens is 444 g/mol. The number of ether oxygens (including phenoxy) is 2. The van der Waals surface area contributed by atoms with Crippen molar-refractivity contribution in [1.82, 2.24) is 10.3 Å². The number of aryl methyl sites for hydroxylation is 3. The van der Waals surface area contributed by atoms with Gasteiger partial charge >= 0.3 is 5.63 Å². The van der Waals surface area contributed by atoms with Crippen molar-refractivity contribution in [2.75, 3.05) is 14.2 Å². The molecule has 5 rings (SSSR count). The molecular formula is C28H30N2O5. The minimum atomic E-state index is -0.399. The molecule has 35 heavy (non-hydrogen) atoms. The number of nitrogens with one attached hydrogen (secondary N) is 2. The van der Waals surface area contributed by atoms with E-state index < -0.39 is 5.63 Å². The van der Waals surface area contributed by atoms with E-state index in [-0.39, 0.29) is 18.4 Å². The first-order chi connectivity index (χ1) is 16.9. The zero-order chi connectivity index (χ0) is 24.7. The molecule has 7 nitrogen and oxygen atoms in total. The summed E-state index contributed by atoms with van der Waals surface area (Å²) in [7, 11) is 3.26. The molecule has 1 aliphatic rings. The van der Waals surface area contributed by atoms with E-state index in [4.69, 9.17) is 13.9 Å². The summed E-state index contributed by atoms with van der Waals surface area (Å²) in [5.74, 6) is 1.42. The first-order valence-corrected chi connectivity index (χ1v) is 12.0. The lowest BCUT2D eigenvalue weighted by atomic mass is 9.91. The van der Waals surface area contributed by atoms with Crippen molar-refractivity contribution in [3.05, 3.63) is 68.7 Å². The molecule has 1 atom stereocenters. The van der Waals surface area contributed by atoms with E-state index in [2.05, 4.69) is 10.3 Å². The molecule has 2 N–H and O–H groups in total. The van der Waals surface area contributed by atoms with Gasteiger partial charge in [0.15, 0.2) is 0 Å². The highest BCUT2D eigenvalue weighted by Crippen LogP contribution is 2.36. The fourth-order valence-corrected chi connectivity index (χ4v) is 5.30. The van der Waals surface area contributed by atoms with Gasteiger partial charge in [0.1, 0.15) is 17.1 Å². The van der Waals surface area contributed by atoms with E-state index in [1.807, 2.05) is 44.2 Å². The first-order valence-electron chi connectivity index (χ1n) is 12.0. The summed E-state index contributed by atoms with van der Waals surface area (Å²) < 4.78 is 16.4. The number of methoxy groups -OCH3 is 2. The van der Waals surface area contributed by atoms with Crippen molar-refractivity contribution in [3.8, 4) is 11.5 Å². The van der Waals surface area contributed by atoms with Crippen LogP contribution in [0, 0.1) is 13.8 Å². The van der Waals surface area contributed by atoms with Gasteiger partial charge in [-0.1, -0.05) is 0 Å². The van der Waals surface area contributed by atoms with Gasteiger partial charge < -0.3 is 24.2 Å². The SMILES string of the molecule is COc1ccc2[nH]c3c(c2c1)CCC[C@H]3NC(=O)CCc1c(C)c2ccc(OC)c(C)c2oc1=O. The number of carbonyl (C=O) groups is 1. The molecule has 2 heterocycles.